The summed E-state index contributed by atoms with van der Waals surface area (Å²) in [5.74, 6) is 0. The average Bonchev–Trinajstić information content (AvgIpc) is 2.98. The highest BCUT2D eigenvalue weighted by Gasteiger charge is 2.09. The SMILES string of the molecule is OCc1ccccc1-c1csc(-c2ccncc2)n1. The summed E-state index contributed by atoms with van der Waals surface area (Å²) >= 11 is 1.60. The maximum Gasteiger partial charge on any atom is 0.124 e. The third-order valence-corrected chi connectivity index (χ3v) is 3.79. The number of aliphatic hydroxyl groups is 1. The first-order valence-corrected chi connectivity index (χ1v) is 6.81. The molecule has 0 atom stereocenters. The Labute approximate surface area is 115 Å². The van der Waals surface area contributed by atoms with Crippen LogP contribution in [0.3, 0.4) is 0 Å². The number of thiazole rings is 1. The minimum Gasteiger partial charge on any atom is -0.392 e. The molecule has 0 spiro atoms. The maximum absolute atomic E-state index is 9.37. The molecule has 0 amide bonds. The van der Waals surface area contributed by atoms with Crippen LogP contribution in [-0.2, 0) is 6.61 Å². The molecule has 2 heterocycles. The van der Waals surface area contributed by atoms with Crippen LogP contribution in [-0.4, -0.2) is 15.1 Å². The molecule has 0 saturated carbocycles. The Morgan fingerprint density at radius 3 is 2.63 bits per heavy atom. The van der Waals surface area contributed by atoms with Crippen molar-refractivity contribution < 1.29 is 5.11 Å². The topological polar surface area (TPSA) is 46.0 Å². The number of nitrogens with zero attached hydrogens (tertiary/aromatic N) is 2. The van der Waals surface area contributed by atoms with Gasteiger partial charge in [0.2, 0.25) is 0 Å². The van der Waals surface area contributed by atoms with Crippen molar-refractivity contribution in [2.45, 2.75) is 6.61 Å². The van der Waals surface area contributed by atoms with Gasteiger partial charge >= 0.3 is 0 Å². The second-order valence-electron chi connectivity index (χ2n) is 4.09. The van der Waals surface area contributed by atoms with E-state index in [2.05, 4.69) is 9.97 Å². The van der Waals surface area contributed by atoms with Gasteiger partial charge in [-0.05, 0) is 17.7 Å². The summed E-state index contributed by atoms with van der Waals surface area (Å²) in [4.78, 5) is 8.65. The summed E-state index contributed by atoms with van der Waals surface area (Å²) in [5.41, 5.74) is 3.85. The van der Waals surface area contributed by atoms with Crippen LogP contribution in [0.2, 0.25) is 0 Å². The molecule has 0 aliphatic rings. The predicted molar refractivity (Wildman–Crippen MR) is 76.7 cm³/mol. The lowest BCUT2D eigenvalue weighted by Crippen LogP contribution is -1.89. The van der Waals surface area contributed by atoms with E-state index in [0.29, 0.717) is 0 Å². The molecule has 94 valence electrons. The van der Waals surface area contributed by atoms with Gasteiger partial charge in [0.1, 0.15) is 5.01 Å². The van der Waals surface area contributed by atoms with Crippen molar-refractivity contribution >= 4 is 11.3 Å². The Bertz CT molecular complexity index is 679. The van der Waals surface area contributed by atoms with Crippen LogP contribution in [0.25, 0.3) is 21.8 Å². The smallest absolute Gasteiger partial charge is 0.124 e. The van der Waals surface area contributed by atoms with Crippen LogP contribution in [0, 0.1) is 0 Å². The average molecular weight is 268 g/mol. The number of pyridine rings is 1. The number of rotatable bonds is 3. The highest BCUT2D eigenvalue weighted by Crippen LogP contribution is 2.30. The Kier molecular flexibility index (Phi) is 3.35. The molecule has 0 fully saturated rings. The Balaban J connectivity index is 2.02. The van der Waals surface area contributed by atoms with E-state index >= 15 is 0 Å². The lowest BCUT2D eigenvalue weighted by Gasteiger charge is -2.03. The quantitative estimate of drug-likeness (QED) is 0.792. The minimum absolute atomic E-state index is 0.0261. The molecule has 0 aliphatic carbocycles. The molecule has 2 aromatic heterocycles. The van der Waals surface area contributed by atoms with E-state index < -0.39 is 0 Å². The standard InChI is InChI=1S/C15H12N2OS/c18-9-12-3-1-2-4-13(12)14-10-19-15(17-14)11-5-7-16-8-6-11/h1-8,10,18H,9H2. The zero-order valence-corrected chi connectivity index (χ0v) is 11.0. The Hall–Kier alpha value is -2.04. The zero-order valence-electron chi connectivity index (χ0n) is 10.2. The van der Waals surface area contributed by atoms with E-state index in [1.165, 1.54) is 0 Å². The van der Waals surface area contributed by atoms with Gasteiger partial charge < -0.3 is 5.11 Å². The largest absolute Gasteiger partial charge is 0.392 e. The van der Waals surface area contributed by atoms with Crippen molar-refractivity contribution in [3.05, 3.63) is 59.7 Å². The lowest BCUT2D eigenvalue weighted by atomic mass is 10.1. The molecular weight excluding hydrogens is 256 g/mol. The Morgan fingerprint density at radius 1 is 1.05 bits per heavy atom. The third kappa shape index (κ3) is 2.41. The van der Waals surface area contributed by atoms with Crippen molar-refractivity contribution in [3.8, 4) is 21.8 Å². The second kappa shape index (κ2) is 5.30. The van der Waals surface area contributed by atoms with Crippen LogP contribution in [0.15, 0.2) is 54.2 Å². The number of hydrogen-bond donors (Lipinski definition) is 1. The number of aliphatic hydroxyl groups excluding tert-OH is 1. The number of aromatic nitrogens is 2. The summed E-state index contributed by atoms with van der Waals surface area (Å²) in [6, 6.07) is 11.7. The normalized spacial score (nSPS) is 10.6. The summed E-state index contributed by atoms with van der Waals surface area (Å²) in [7, 11) is 0. The molecule has 0 unspecified atom stereocenters. The van der Waals surface area contributed by atoms with Crippen molar-refractivity contribution in [2.75, 3.05) is 0 Å². The van der Waals surface area contributed by atoms with E-state index in [4.69, 9.17) is 0 Å². The molecule has 3 aromatic rings. The minimum atomic E-state index is 0.0261. The van der Waals surface area contributed by atoms with Crippen LogP contribution >= 0.6 is 11.3 Å². The first kappa shape index (κ1) is 12.0. The zero-order chi connectivity index (χ0) is 13.1. The van der Waals surface area contributed by atoms with Crippen molar-refractivity contribution in [2.24, 2.45) is 0 Å². The van der Waals surface area contributed by atoms with Gasteiger partial charge in [-0.15, -0.1) is 11.3 Å². The van der Waals surface area contributed by atoms with Gasteiger partial charge in [-0.25, -0.2) is 4.98 Å². The molecule has 0 bridgehead atoms. The first-order valence-electron chi connectivity index (χ1n) is 5.93. The van der Waals surface area contributed by atoms with Gasteiger partial charge in [0, 0.05) is 28.9 Å². The fraction of sp³-hybridized carbons (Fsp3) is 0.0667. The van der Waals surface area contributed by atoms with Gasteiger partial charge in [-0.3, -0.25) is 4.98 Å². The molecule has 3 nitrogen and oxygen atoms in total. The molecule has 19 heavy (non-hydrogen) atoms. The summed E-state index contributed by atoms with van der Waals surface area (Å²) in [5, 5.41) is 12.4. The van der Waals surface area contributed by atoms with E-state index in [9.17, 15) is 5.11 Å². The lowest BCUT2D eigenvalue weighted by molar-refractivity contribution is 0.282. The van der Waals surface area contributed by atoms with E-state index in [1.54, 1.807) is 23.7 Å². The predicted octanol–water partition coefficient (Wildman–Crippen LogP) is 3.36. The molecule has 0 saturated heterocycles. The van der Waals surface area contributed by atoms with Crippen molar-refractivity contribution in [1.29, 1.82) is 0 Å². The second-order valence-corrected chi connectivity index (χ2v) is 4.95. The van der Waals surface area contributed by atoms with Crippen LogP contribution < -0.4 is 0 Å². The van der Waals surface area contributed by atoms with Gasteiger partial charge in [0.15, 0.2) is 0 Å². The first-order chi connectivity index (χ1) is 9.38. The number of hydrogen-bond acceptors (Lipinski definition) is 4. The van der Waals surface area contributed by atoms with Crippen LogP contribution in [0.5, 0.6) is 0 Å². The van der Waals surface area contributed by atoms with E-state index in [1.807, 2.05) is 41.8 Å². The van der Waals surface area contributed by atoms with Gasteiger partial charge in [-0.1, -0.05) is 24.3 Å². The van der Waals surface area contributed by atoms with Crippen molar-refractivity contribution in [1.82, 2.24) is 9.97 Å². The van der Waals surface area contributed by atoms with Gasteiger partial charge in [0.25, 0.3) is 0 Å². The maximum atomic E-state index is 9.37. The molecule has 0 radical (unpaired) electrons. The summed E-state index contributed by atoms with van der Waals surface area (Å²) in [6.45, 7) is 0.0261. The molecule has 4 heteroatoms. The number of benzene rings is 1. The van der Waals surface area contributed by atoms with Gasteiger partial charge in [-0.2, -0.15) is 0 Å². The summed E-state index contributed by atoms with van der Waals surface area (Å²) in [6.07, 6.45) is 3.52. The van der Waals surface area contributed by atoms with E-state index in [-0.39, 0.29) is 6.61 Å². The van der Waals surface area contributed by atoms with Gasteiger partial charge in [0.05, 0.1) is 12.3 Å². The molecule has 0 aliphatic heterocycles. The molecular formula is C15H12N2OS. The summed E-state index contributed by atoms with van der Waals surface area (Å²) < 4.78 is 0. The Morgan fingerprint density at radius 2 is 1.84 bits per heavy atom. The van der Waals surface area contributed by atoms with Crippen molar-refractivity contribution in [3.63, 3.8) is 0 Å². The third-order valence-electron chi connectivity index (χ3n) is 2.90. The molecule has 1 aromatic carbocycles. The highest BCUT2D eigenvalue weighted by atomic mass is 32.1. The highest BCUT2D eigenvalue weighted by molar-refractivity contribution is 7.13. The fourth-order valence-corrected chi connectivity index (χ4v) is 2.76. The molecule has 1 N–H and O–H groups in total. The van der Waals surface area contributed by atoms with Crippen LogP contribution in [0.4, 0.5) is 0 Å². The van der Waals surface area contributed by atoms with Crippen LogP contribution in [0.1, 0.15) is 5.56 Å². The van der Waals surface area contributed by atoms with E-state index in [0.717, 1.165) is 27.4 Å². The fourth-order valence-electron chi connectivity index (χ4n) is 1.93. The molecule has 3 rings (SSSR count). The monoisotopic (exact) mass is 268 g/mol.